The van der Waals surface area contributed by atoms with Gasteiger partial charge in [0.15, 0.2) is 0 Å². The second-order valence-electron chi connectivity index (χ2n) is 2.58. The van der Waals surface area contributed by atoms with E-state index >= 15 is 0 Å². The molecule has 0 atom stereocenters. The van der Waals surface area contributed by atoms with Crippen LogP contribution in [0.1, 0.15) is 5.56 Å². The monoisotopic (exact) mass is 304 g/mol. The van der Waals surface area contributed by atoms with Gasteiger partial charge in [-0.05, 0) is 37.9 Å². The highest BCUT2D eigenvalue weighted by Gasteiger charge is 2.04. The smallest absolute Gasteiger partial charge is 0.129 e. The molecule has 0 saturated carbocycles. The highest BCUT2D eigenvalue weighted by molar-refractivity contribution is 9.11. The van der Waals surface area contributed by atoms with Crippen LogP contribution < -0.4 is 0 Å². The van der Waals surface area contributed by atoms with Crippen LogP contribution in [0.3, 0.4) is 0 Å². The summed E-state index contributed by atoms with van der Waals surface area (Å²) in [4.78, 5) is 0. The number of rotatable bonds is 2. The van der Waals surface area contributed by atoms with E-state index in [9.17, 15) is 0 Å². The molecule has 0 aliphatic heterocycles. The zero-order chi connectivity index (χ0) is 9.26. The lowest BCUT2D eigenvalue weighted by atomic mass is 10.3. The Morgan fingerprint density at radius 2 is 2.31 bits per heavy atom. The van der Waals surface area contributed by atoms with Gasteiger partial charge in [0.1, 0.15) is 9.21 Å². The van der Waals surface area contributed by atoms with E-state index in [0.717, 1.165) is 14.8 Å². The lowest BCUT2D eigenvalue weighted by molar-refractivity contribution is 0.559. The summed E-state index contributed by atoms with van der Waals surface area (Å²) in [5.41, 5.74) is 1.09. The summed E-state index contributed by atoms with van der Waals surface area (Å²) in [6.45, 7) is 0.711. The van der Waals surface area contributed by atoms with Gasteiger partial charge in [0.25, 0.3) is 0 Å². The molecule has 68 valence electrons. The fourth-order valence-corrected chi connectivity index (χ4v) is 2.17. The van der Waals surface area contributed by atoms with Crippen molar-refractivity contribution in [3.05, 3.63) is 39.4 Å². The maximum Gasteiger partial charge on any atom is 0.129 e. The molecule has 0 N–H and O–H groups in total. The summed E-state index contributed by atoms with van der Waals surface area (Å²) in [7, 11) is 0. The van der Waals surface area contributed by atoms with Crippen LogP contribution in [0.4, 0.5) is 0 Å². The zero-order valence-corrected chi connectivity index (χ0v) is 9.75. The Kier molecular flexibility index (Phi) is 2.55. The molecule has 0 spiro atoms. The molecule has 2 heterocycles. The van der Waals surface area contributed by atoms with Crippen molar-refractivity contribution in [1.82, 2.24) is 9.78 Å². The minimum absolute atomic E-state index is 0.711. The summed E-state index contributed by atoms with van der Waals surface area (Å²) in [5, 5.41) is 4.23. The fraction of sp³-hybridized carbons (Fsp3) is 0.125. The SMILES string of the molecule is Brc1cc(Br)n(Cc2ccoc2)n1. The van der Waals surface area contributed by atoms with Gasteiger partial charge < -0.3 is 4.42 Å². The van der Waals surface area contributed by atoms with E-state index in [-0.39, 0.29) is 0 Å². The molecule has 13 heavy (non-hydrogen) atoms. The zero-order valence-electron chi connectivity index (χ0n) is 6.58. The standard InChI is InChI=1S/C8H6Br2N2O/c9-7-3-8(10)12(11-7)4-6-1-2-13-5-6/h1-3,5H,4H2. The van der Waals surface area contributed by atoms with Gasteiger partial charge in [-0.2, -0.15) is 5.10 Å². The molecule has 3 nitrogen and oxygen atoms in total. The molecule has 5 heteroatoms. The van der Waals surface area contributed by atoms with Gasteiger partial charge in [0, 0.05) is 11.6 Å². The van der Waals surface area contributed by atoms with Crippen LogP contribution in [0.15, 0.2) is 38.3 Å². The van der Waals surface area contributed by atoms with Crippen LogP contribution in [-0.2, 0) is 6.54 Å². The van der Waals surface area contributed by atoms with Gasteiger partial charge in [0.05, 0.1) is 19.1 Å². The van der Waals surface area contributed by atoms with Crippen molar-refractivity contribution in [1.29, 1.82) is 0 Å². The molecule has 0 aliphatic rings. The Balaban J connectivity index is 2.23. The van der Waals surface area contributed by atoms with Gasteiger partial charge in [-0.25, -0.2) is 0 Å². The Morgan fingerprint density at radius 3 is 2.85 bits per heavy atom. The lowest BCUT2D eigenvalue weighted by Gasteiger charge is -1.98. The predicted octanol–water partition coefficient (Wildman–Crippen LogP) is 3.05. The van der Waals surface area contributed by atoms with Crippen LogP contribution >= 0.6 is 31.9 Å². The third-order valence-electron chi connectivity index (χ3n) is 1.61. The molecule has 0 radical (unpaired) electrons. The molecule has 0 aromatic carbocycles. The lowest BCUT2D eigenvalue weighted by Crippen LogP contribution is -2.00. The Bertz CT molecular complexity index is 394. The van der Waals surface area contributed by atoms with E-state index in [0.29, 0.717) is 6.54 Å². The number of hydrogen-bond acceptors (Lipinski definition) is 2. The van der Waals surface area contributed by atoms with E-state index in [1.165, 1.54) is 0 Å². The Hall–Kier alpha value is -0.550. The van der Waals surface area contributed by atoms with E-state index in [1.807, 2.05) is 16.8 Å². The molecule has 0 saturated heterocycles. The van der Waals surface area contributed by atoms with Crippen molar-refractivity contribution in [2.24, 2.45) is 0 Å². The van der Waals surface area contributed by atoms with Crippen LogP contribution in [0.25, 0.3) is 0 Å². The quantitative estimate of drug-likeness (QED) is 0.854. The maximum atomic E-state index is 4.97. The van der Waals surface area contributed by atoms with Crippen LogP contribution in [0, 0.1) is 0 Å². The molecule has 2 aromatic heterocycles. The number of aromatic nitrogens is 2. The van der Waals surface area contributed by atoms with E-state index in [2.05, 4.69) is 37.0 Å². The van der Waals surface area contributed by atoms with Crippen LogP contribution in [0.5, 0.6) is 0 Å². The molecular formula is C8H6Br2N2O. The maximum absolute atomic E-state index is 4.97. The molecule has 0 amide bonds. The largest absolute Gasteiger partial charge is 0.472 e. The first-order valence-electron chi connectivity index (χ1n) is 3.65. The number of halogens is 2. The highest BCUT2D eigenvalue weighted by Crippen LogP contribution is 2.17. The summed E-state index contributed by atoms with van der Waals surface area (Å²) in [6, 6.07) is 3.82. The summed E-state index contributed by atoms with van der Waals surface area (Å²) in [6.07, 6.45) is 3.36. The molecule has 2 rings (SSSR count). The van der Waals surface area contributed by atoms with E-state index in [4.69, 9.17) is 4.42 Å². The molecule has 0 fully saturated rings. The van der Waals surface area contributed by atoms with Crippen molar-refractivity contribution in [2.45, 2.75) is 6.54 Å². The molecule has 0 bridgehead atoms. The first-order chi connectivity index (χ1) is 6.25. The first kappa shape index (κ1) is 9.02. The third-order valence-corrected chi connectivity index (χ3v) is 2.64. The van der Waals surface area contributed by atoms with Crippen LogP contribution in [-0.4, -0.2) is 9.78 Å². The summed E-state index contributed by atoms with van der Waals surface area (Å²) < 4.78 is 8.57. The van der Waals surface area contributed by atoms with Crippen LogP contribution in [0.2, 0.25) is 0 Å². The molecular weight excluding hydrogens is 300 g/mol. The molecule has 0 aliphatic carbocycles. The fourth-order valence-electron chi connectivity index (χ4n) is 1.03. The minimum atomic E-state index is 0.711. The van der Waals surface area contributed by atoms with Crippen molar-refractivity contribution in [3.63, 3.8) is 0 Å². The minimum Gasteiger partial charge on any atom is -0.472 e. The van der Waals surface area contributed by atoms with Gasteiger partial charge in [0.2, 0.25) is 0 Å². The van der Waals surface area contributed by atoms with Gasteiger partial charge in [-0.15, -0.1) is 0 Å². The second-order valence-corrected chi connectivity index (χ2v) is 4.20. The first-order valence-corrected chi connectivity index (χ1v) is 5.24. The Morgan fingerprint density at radius 1 is 1.46 bits per heavy atom. The normalized spacial score (nSPS) is 10.6. The average molecular weight is 306 g/mol. The van der Waals surface area contributed by atoms with Crippen molar-refractivity contribution in [3.8, 4) is 0 Å². The van der Waals surface area contributed by atoms with Gasteiger partial charge in [-0.3, -0.25) is 4.68 Å². The molecule has 0 unspecified atom stereocenters. The Labute approximate surface area is 92.0 Å². The van der Waals surface area contributed by atoms with Gasteiger partial charge in [-0.1, -0.05) is 0 Å². The third kappa shape index (κ3) is 2.03. The number of nitrogens with zero attached hydrogens (tertiary/aromatic N) is 2. The van der Waals surface area contributed by atoms with Crippen molar-refractivity contribution < 1.29 is 4.42 Å². The average Bonchev–Trinajstić information content (AvgIpc) is 2.63. The topological polar surface area (TPSA) is 31.0 Å². The van der Waals surface area contributed by atoms with Crippen molar-refractivity contribution in [2.75, 3.05) is 0 Å². The van der Waals surface area contributed by atoms with Crippen molar-refractivity contribution >= 4 is 31.9 Å². The van der Waals surface area contributed by atoms with Gasteiger partial charge >= 0.3 is 0 Å². The highest BCUT2D eigenvalue weighted by atomic mass is 79.9. The second kappa shape index (κ2) is 3.67. The summed E-state index contributed by atoms with van der Waals surface area (Å²) >= 11 is 6.70. The van der Waals surface area contributed by atoms with E-state index in [1.54, 1.807) is 12.5 Å². The molecule has 2 aromatic rings. The summed E-state index contributed by atoms with van der Waals surface area (Å²) in [5.74, 6) is 0. The number of furan rings is 1. The van der Waals surface area contributed by atoms with E-state index < -0.39 is 0 Å². The number of hydrogen-bond donors (Lipinski definition) is 0. The predicted molar refractivity (Wildman–Crippen MR) is 55.4 cm³/mol.